The van der Waals surface area contributed by atoms with Gasteiger partial charge in [-0.15, -0.1) is 0 Å². The molecule has 3 rings (SSSR count). The molecule has 2 amide bonds. The molecule has 1 aliphatic heterocycles. The van der Waals surface area contributed by atoms with Crippen LogP contribution in [0.5, 0.6) is 5.75 Å². The Morgan fingerprint density at radius 2 is 2.00 bits per heavy atom. The van der Waals surface area contributed by atoms with Crippen LogP contribution >= 0.6 is 0 Å². The Kier molecular flexibility index (Phi) is 5.74. The van der Waals surface area contributed by atoms with Crippen LogP contribution in [0.15, 0.2) is 42.5 Å². The van der Waals surface area contributed by atoms with Crippen molar-refractivity contribution < 1.29 is 18.7 Å². The lowest BCUT2D eigenvalue weighted by Crippen LogP contribution is -2.34. The highest BCUT2D eigenvalue weighted by Gasteiger charge is 2.36. The molecule has 1 fully saturated rings. The zero-order valence-electron chi connectivity index (χ0n) is 15.5. The number of nitrogens with one attached hydrogen (secondary N) is 1. The van der Waals surface area contributed by atoms with E-state index in [0.717, 1.165) is 11.1 Å². The highest BCUT2D eigenvalue weighted by molar-refractivity contribution is 6.01. The second-order valence-corrected chi connectivity index (χ2v) is 6.75. The van der Waals surface area contributed by atoms with Crippen LogP contribution in [0.4, 0.5) is 10.1 Å². The average molecular weight is 370 g/mol. The molecule has 2 aromatic rings. The summed E-state index contributed by atoms with van der Waals surface area (Å²) in [6, 6.07) is 11.8. The molecule has 2 aromatic carbocycles. The fraction of sp³-hybridized carbons (Fsp3) is 0.333. The molecule has 27 heavy (non-hydrogen) atoms. The Labute approximate surface area is 158 Å². The first-order chi connectivity index (χ1) is 13.0. The first-order valence-electron chi connectivity index (χ1n) is 8.95. The zero-order valence-corrected chi connectivity index (χ0v) is 15.5. The molecule has 0 spiro atoms. The van der Waals surface area contributed by atoms with Crippen LogP contribution in [0.3, 0.4) is 0 Å². The molecule has 1 atom stereocenters. The van der Waals surface area contributed by atoms with Gasteiger partial charge in [0.25, 0.3) is 0 Å². The van der Waals surface area contributed by atoms with Gasteiger partial charge in [0, 0.05) is 19.5 Å². The molecular formula is C21H23FN2O3. The molecule has 0 unspecified atom stereocenters. The fourth-order valence-corrected chi connectivity index (χ4v) is 3.25. The minimum atomic E-state index is -0.393. The smallest absolute Gasteiger partial charge is 0.227 e. The maximum atomic E-state index is 12.9. The molecule has 5 nitrogen and oxygen atoms in total. The Balaban J connectivity index is 1.59. The first kappa shape index (κ1) is 18.9. The summed E-state index contributed by atoms with van der Waals surface area (Å²) in [6.45, 7) is 2.73. The van der Waals surface area contributed by atoms with Gasteiger partial charge in [-0.05, 0) is 48.7 Å². The van der Waals surface area contributed by atoms with Gasteiger partial charge in [0.2, 0.25) is 11.8 Å². The second-order valence-electron chi connectivity index (χ2n) is 6.75. The standard InChI is InChI=1S/C21H23FN2O3/c1-14-3-8-19(27-2)18(11-14)24-13-16(12-20(24)25)21(26)23-10-9-15-4-6-17(22)7-5-15/h3-8,11,16H,9-10,12-13H2,1-2H3,(H,23,26)/t16-/m1/s1. The normalized spacial score (nSPS) is 16.5. The number of ether oxygens (including phenoxy) is 1. The number of rotatable bonds is 6. The number of carbonyl (C=O) groups excluding carboxylic acids is 2. The number of anilines is 1. The minimum Gasteiger partial charge on any atom is -0.495 e. The van der Waals surface area contributed by atoms with Gasteiger partial charge in [0.1, 0.15) is 11.6 Å². The van der Waals surface area contributed by atoms with Crippen molar-refractivity contribution >= 4 is 17.5 Å². The molecule has 1 aliphatic rings. The van der Waals surface area contributed by atoms with Crippen LogP contribution in [-0.2, 0) is 16.0 Å². The van der Waals surface area contributed by atoms with Crippen molar-refractivity contribution in [2.45, 2.75) is 19.8 Å². The lowest BCUT2D eigenvalue weighted by molar-refractivity contribution is -0.126. The molecule has 1 saturated heterocycles. The molecule has 0 aromatic heterocycles. The third-order valence-corrected chi connectivity index (χ3v) is 4.75. The van der Waals surface area contributed by atoms with Gasteiger partial charge in [-0.3, -0.25) is 9.59 Å². The number of nitrogens with zero attached hydrogens (tertiary/aromatic N) is 1. The lowest BCUT2D eigenvalue weighted by atomic mass is 10.1. The third kappa shape index (κ3) is 4.45. The second kappa shape index (κ2) is 8.20. The zero-order chi connectivity index (χ0) is 19.4. The molecule has 142 valence electrons. The molecule has 6 heteroatoms. The van der Waals surface area contributed by atoms with Crippen LogP contribution in [0.25, 0.3) is 0 Å². The van der Waals surface area contributed by atoms with Crippen LogP contribution in [0, 0.1) is 18.7 Å². The van der Waals surface area contributed by atoms with E-state index >= 15 is 0 Å². The van der Waals surface area contributed by atoms with E-state index < -0.39 is 5.92 Å². The van der Waals surface area contributed by atoms with E-state index in [1.807, 2.05) is 25.1 Å². The summed E-state index contributed by atoms with van der Waals surface area (Å²) in [5.74, 6) is -0.279. The van der Waals surface area contributed by atoms with Gasteiger partial charge >= 0.3 is 0 Å². The predicted molar refractivity (Wildman–Crippen MR) is 101 cm³/mol. The summed E-state index contributed by atoms with van der Waals surface area (Å²) in [5.41, 5.74) is 2.67. The minimum absolute atomic E-state index is 0.0856. The number of methoxy groups -OCH3 is 1. The van der Waals surface area contributed by atoms with Crippen molar-refractivity contribution in [3.8, 4) is 5.75 Å². The number of benzene rings is 2. The molecule has 0 radical (unpaired) electrons. The van der Waals surface area contributed by atoms with Crippen LogP contribution in [0.1, 0.15) is 17.5 Å². The number of halogens is 1. The highest BCUT2D eigenvalue weighted by Crippen LogP contribution is 2.33. The van der Waals surface area contributed by atoms with Gasteiger partial charge in [-0.25, -0.2) is 4.39 Å². The molecular weight excluding hydrogens is 347 g/mol. The van der Waals surface area contributed by atoms with Gasteiger partial charge in [0.05, 0.1) is 18.7 Å². The van der Waals surface area contributed by atoms with E-state index in [-0.39, 0.29) is 24.1 Å². The third-order valence-electron chi connectivity index (χ3n) is 4.75. The number of hydrogen-bond donors (Lipinski definition) is 1. The topological polar surface area (TPSA) is 58.6 Å². The SMILES string of the molecule is COc1ccc(C)cc1N1C[C@H](C(=O)NCCc2ccc(F)cc2)CC1=O. The maximum Gasteiger partial charge on any atom is 0.227 e. The molecule has 0 bridgehead atoms. The number of hydrogen-bond acceptors (Lipinski definition) is 3. The number of aryl methyl sites for hydroxylation is 1. The van der Waals surface area contributed by atoms with Crippen LogP contribution < -0.4 is 15.0 Å². The van der Waals surface area contributed by atoms with Crippen LogP contribution in [-0.4, -0.2) is 32.0 Å². The molecule has 0 aliphatic carbocycles. The predicted octanol–water partition coefficient (Wildman–Crippen LogP) is 2.85. The Morgan fingerprint density at radius 1 is 1.26 bits per heavy atom. The van der Waals surface area contributed by atoms with E-state index in [4.69, 9.17) is 4.74 Å². The highest BCUT2D eigenvalue weighted by atomic mass is 19.1. The van der Waals surface area contributed by atoms with Gasteiger partial charge in [0.15, 0.2) is 0 Å². The van der Waals surface area contributed by atoms with E-state index in [1.165, 1.54) is 12.1 Å². The summed E-state index contributed by atoms with van der Waals surface area (Å²) < 4.78 is 18.3. The Bertz CT molecular complexity index is 836. The molecule has 1 N–H and O–H groups in total. The summed E-state index contributed by atoms with van der Waals surface area (Å²) in [4.78, 5) is 26.5. The number of amides is 2. The Hall–Kier alpha value is -2.89. The Morgan fingerprint density at radius 3 is 2.70 bits per heavy atom. The quantitative estimate of drug-likeness (QED) is 0.851. The summed E-state index contributed by atoms with van der Waals surface area (Å²) in [6.07, 6.45) is 0.793. The van der Waals surface area contributed by atoms with Crippen molar-refractivity contribution in [2.24, 2.45) is 5.92 Å². The van der Waals surface area contributed by atoms with Crippen molar-refractivity contribution in [2.75, 3.05) is 25.1 Å². The number of carbonyl (C=O) groups is 2. The maximum absolute atomic E-state index is 12.9. The molecule has 0 saturated carbocycles. The summed E-state index contributed by atoms with van der Waals surface area (Å²) in [7, 11) is 1.56. The van der Waals surface area contributed by atoms with Crippen molar-refractivity contribution in [3.05, 3.63) is 59.4 Å². The van der Waals surface area contributed by atoms with E-state index in [2.05, 4.69) is 5.32 Å². The van der Waals surface area contributed by atoms with E-state index in [0.29, 0.717) is 30.9 Å². The van der Waals surface area contributed by atoms with E-state index in [9.17, 15) is 14.0 Å². The fourth-order valence-electron chi connectivity index (χ4n) is 3.25. The lowest BCUT2D eigenvalue weighted by Gasteiger charge is -2.20. The average Bonchev–Trinajstić information content (AvgIpc) is 3.05. The van der Waals surface area contributed by atoms with Crippen LogP contribution in [0.2, 0.25) is 0 Å². The monoisotopic (exact) mass is 370 g/mol. The first-order valence-corrected chi connectivity index (χ1v) is 8.95. The van der Waals surface area contributed by atoms with Gasteiger partial charge < -0.3 is 15.0 Å². The van der Waals surface area contributed by atoms with Gasteiger partial charge in [-0.1, -0.05) is 18.2 Å². The van der Waals surface area contributed by atoms with Crippen molar-refractivity contribution in [1.82, 2.24) is 5.32 Å². The summed E-state index contributed by atoms with van der Waals surface area (Å²) >= 11 is 0. The molecule has 1 heterocycles. The largest absolute Gasteiger partial charge is 0.495 e. The van der Waals surface area contributed by atoms with Crippen molar-refractivity contribution in [1.29, 1.82) is 0 Å². The summed E-state index contributed by atoms with van der Waals surface area (Å²) in [5, 5.41) is 2.88. The van der Waals surface area contributed by atoms with Gasteiger partial charge in [-0.2, -0.15) is 0 Å². The van der Waals surface area contributed by atoms with E-state index in [1.54, 1.807) is 24.1 Å². The van der Waals surface area contributed by atoms with Crippen molar-refractivity contribution in [3.63, 3.8) is 0 Å².